The maximum Gasteiger partial charge on any atom is 0.340 e. The van der Waals surface area contributed by atoms with Crippen molar-refractivity contribution in [2.24, 2.45) is 0 Å². The summed E-state index contributed by atoms with van der Waals surface area (Å²) in [6.07, 6.45) is 0.464. The fourth-order valence-electron chi connectivity index (χ4n) is 3.73. The van der Waals surface area contributed by atoms with Crippen molar-refractivity contribution >= 4 is 22.6 Å². The molecule has 1 heterocycles. The van der Waals surface area contributed by atoms with Gasteiger partial charge >= 0.3 is 5.63 Å². The van der Waals surface area contributed by atoms with Crippen LogP contribution in [-0.2, 0) is 11.2 Å². The zero-order valence-electron chi connectivity index (χ0n) is 18.4. The summed E-state index contributed by atoms with van der Waals surface area (Å²) in [7, 11) is 0. The maximum atomic E-state index is 12.7. The molecule has 0 unspecified atom stereocenters. The first kappa shape index (κ1) is 21.4. The summed E-state index contributed by atoms with van der Waals surface area (Å²) < 4.78 is 11.6. The van der Waals surface area contributed by atoms with Gasteiger partial charge in [-0.05, 0) is 61.7 Å². The fraction of sp³-hybridized carbons (Fsp3) is 0.185. The van der Waals surface area contributed by atoms with E-state index in [1.807, 2.05) is 87.5 Å². The zero-order valence-corrected chi connectivity index (χ0v) is 18.4. The molecular weight excluding hydrogens is 402 g/mol. The number of anilines is 1. The van der Waals surface area contributed by atoms with Crippen LogP contribution >= 0.6 is 0 Å². The van der Waals surface area contributed by atoms with E-state index in [1.165, 1.54) is 0 Å². The molecule has 0 fully saturated rings. The van der Waals surface area contributed by atoms with E-state index in [9.17, 15) is 9.59 Å². The summed E-state index contributed by atoms with van der Waals surface area (Å²) in [5, 5.41) is 3.54. The van der Waals surface area contributed by atoms with E-state index in [2.05, 4.69) is 5.32 Å². The number of carbonyl (C=O) groups is 1. The molecule has 0 saturated heterocycles. The molecule has 3 aromatic carbocycles. The van der Waals surface area contributed by atoms with Gasteiger partial charge in [-0.25, -0.2) is 4.79 Å². The summed E-state index contributed by atoms with van der Waals surface area (Å²) in [4.78, 5) is 25.1. The third kappa shape index (κ3) is 4.72. The number of carbonyl (C=O) groups excluding carboxylic acids is 1. The molecule has 0 spiro atoms. The van der Waals surface area contributed by atoms with Crippen LogP contribution < -0.4 is 15.7 Å². The lowest BCUT2D eigenvalue weighted by Crippen LogP contribution is -2.20. The van der Waals surface area contributed by atoms with E-state index < -0.39 is 0 Å². The van der Waals surface area contributed by atoms with E-state index in [0.29, 0.717) is 34.4 Å². The van der Waals surface area contributed by atoms with Crippen molar-refractivity contribution in [3.05, 3.63) is 105 Å². The van der Waals surface area contributed by atoms with Gasteiger partial charge in [-0.1, -0.05) is 48.0 Å². The largest absolute Gasteiger partial charge is 0.483 e. The molecule has 5 heteroatoms. The zero-order chi connectivity index (χ0) is 22.7. The maximum absolute atomic E-state index is 12.7. The van der Waals surface area contributed by atoms with Crippen molar-refractivity contribution in [3.63, 3.8) is 0 Å². The third-order valence-electron chi connectivity index (χ3n) is 5.40. The smallest absolute Gasteiger partial charge is 0.340 e. The predicted molar refractivity (Wildman–Crippen MR) is 127 cm³/mol. The van der Waals surface area contributed by atoms with E-state index in [-0.39, 0.29) is 18.1 Å². The molecule has 1 amide bonds. The lowest BCUT2D eigenvalue weighted by molar-refractivity contribution is -0.118. The predicted octanol–water partition coefficient (Wildman–Crippen LogP) is 5.33. The molecule has 0 saturated carbocycles. The summed E-state index contributed by atoms with van der Waals surface area (Å²) >= 11 is 0. The Morgan fingerprint density at radius 1 is 0.938 bits per heavy atom. The molecule has 4 aromatic rings. The highest BCUT2D eigenvalue weighted by Crippen LogP contribution is 2.31. The minimum absolute atomic E-state index is 0.154. The Balaban J connectivity index is 1.63. The molecular formula is C27H25NO4. The molecule has 5 nitrogen and oxygen atoms in total. The Bertz CT molecular complexity index is 1320. The molecule has 4 rings (SSSR count). The van der Waals surface area contributed by atoms with E-state index >= 15 is 0 Å². The van der Waals surface area contributed by atoms with Gasteiger partial charge in [0, 0.05) is 17.7 Å². The monoisotopic (exact) mass is 427 g/mol. The molecule has 0 atom stereocenters. The van der Waals surface area contributed by atoms with Gasteiger partial charge in [-0.3, -0.25) is 4.79 Å². The Labute approximate surface area is 186 Å². The number of aryl methyl sites for hydroxylation is 3. The third-order valence-corrected chi connectivity index (χ3v) is 5.40. The van der Waals surface area contributed by atoms with Gasteiger partial charge in [-0.2, -0.15) is 0 Å². The van der Waals surface area contributed by atoms with Crippen LogP contribution in [0.2, 0.25) is 0 Å². The van der Waals surface area contributed by atoms with Crippen LogP contribution in [0.25, 0.3) is 11.0 Å². The first-order valence-corrected chi connectivity index (χ1v) is 10.5. The second-order valence-corrected chi connectivity index (χ2v) is 7.99. The standard InChI is InChI=1S/C27H25NO4/c1-17-9-11-21(12-10-17)28-25(29)16-31-23-13-18(2)14-24-26(23)19(3)22(27(30)32-24)15-20-7-5-4-6-8-20/h4-14H,15-16H2,1-3H3,(H,28,29). The Morgan fingerprint density at radius 3 is 2.38 bits per heavy atom. The fourth-order valence-corrected chi connectivity index (χ4v) is 3.73. The van der Waals surface area contributed by atoms with Gasteiger partial charge in [0.1, 0.15) is 11.3 Å². The second-order valence-electron chi connectivity index (χ2n) is 7.99. The molecule has 0 aliphatic rings. The molecule has 0 aliphatic carbocycles. The van der Waals surface area contributed by atoms with Crippen molar-refractivity contribution in [2.75, 3.05) is 11.9 Å². The summed E-state index contributed by atoms with van der Waals surface area (Å²) in [5.74, 6) is 0.262. The van der Waals surface area contributed by atoms with Gasteiger partial charge in [-0.15, -0.1) is 0 Å². The molecule has 1 N–H and O–H groups in total. The quantitative estimate of drug-likeness (QED) is 0.423. The average molecular weight is 428 g/mol. The van der Waals surface area contributed by atoms with E-state index in [0.717, 1.165) is 22.3 Å². The van der Waals surface area contributed by atoms with Gasteiger partial charge in [0.05, 0.1) is 5.39 Å². The number of hydrogen-bond acceptors (Lipinski definition) is 4. The van der Waals surface area contributed by atoms with Crippen molar-refractivity contribution in [1.82, 2.24) is 0 Å². The van der Waals surface area contributed by atoms with Crippen LogP contribution in [0.15, 0.2) is 75.9 Å². The Kier molecular flexibility index (Phi) is 6.08. The van der Waals surface area contributed by atoms with Crippen molar-refractivity contribution in [1.29, 1.82) is 0 Å². The van der Waals surface area contributed by atoms with Crippen LogP contribution in [0.1, 0.15) is 27.8 Å². The number of benzene rings is 3. The topological polar surface area (TPSA) is 68.5 Å². The minimum atomic E-state index is -0.354. The van der Waals surface area contributed by atoms with Crippen molar-refractivity contribution < 1.29 is 13.9 Å². The lowest BCUT2D eigenvalue weighted by atomic mass is 9.98. The van der Waals surface area contributed by atoms with Crippen LogP contribution in [-0.4, -0.2) is 12.5 Å². The van der Waals surface area contributed by atoms with Crippen LogP contribution in [0, 0.1) is 20.8 Å². The number of amides is 1. The summed E-state index contributed by atoms with van der Waals surface area (Å²) in [6, 6.07) is 21.0. The summed E-state index contributed by atoms with van der Waals surface area (Å²) in [6.45, 7) is 5.63. The normalized spacial score (nSPS) is 10.8. The Morgan fingerprint density at radius 2 is 1.66 bits per heavy atom. The van der Waals surface area contributed by atoms with Gasteiger partial charge in [0.15, 0.2) is 6.61 Å². The highest BCUT2D eigenvalue weighted by Gasteiger charge is 2.17. The molecule has 0 aliphatic heterocycles. The number of hydrogen-bond donors (Lipinski definition) is 1. The van der Waals surface area contributed by atoms with E-state index in [4.69, 9.17) is 9.15 Å². The van der Waals surface area contributed by atoms with Gasteiger partial charge < -0.3 is 14.5 Å². The number of nitrogens with one attached hydrogen (secondary N) is 1. The molecule has 0 radical (unpaired) electrons. The lowest BCUT2D eigenvalue weighted by Gasteiger charge is -2.14. The van der Waals surface area contributed by atoms with Crippen molar-refractivity contribution in [3.8, 4) is 5.75 Å². The van der Waals surface area contributed by atoms with Crippen LogP contribution in [0.3, 0.4) is 0 Å². The molecule has 1 aromatic heterocycles. The van der Waals surface area contributed by atoms with Crippen LogP contribution in [0.5, 0.6) is 5.75 Å². The highest BCUT2D eigenvalue weighted by atomic mass is 16.5. The Hall–Kier alpha value is -3.86. The van der Waals surface area contributed by atoms with Crippen molar-refractivity contribution in [2.45, 2.75) is 27.2 Å². The van der Waals surface area contributed by atoms with Crippen LogP contribution in [0.4, 0.5) is 5.69 Å². The molecule has 32 heavy (non-hydrogen) atoms. The number of rotatable bonds is 6. The first-order chi connectivity index (χ1) is 15.4. The van der Waals surface area contributed by atoms with Gasteiger partial charge in [0.25, 0.3) is 5.91 Å². The summed E-state index contributed by atoms with van der Waals surface area (Å²) in [5.41, 5.74) is 5.22. The number of ether oxygens (including phenoxy) is 1. The minimum Gasteiger partial charge on any atom is -0.483 e. The molecule has 162 valence electrons. The average Bonchev–Trinajstić information content (AvgIpc) is 2.77. The highest BCUT2D eigenvalue weighted by molar-refractivity contribution is 5.93. The SMILES string of the molecule is Cc1ccc(NC(=O)COc2cc(C)cc3oc(=O)c(Cc4ccccc4)c(C)c23)cc1. The second kappa shape index (κ2) is 9.10. The van der Waals surface area contributed by atoms with Gasteiger partial charge in [0.2, 0.25) is 0 Å². The van der Waals surface area contributed by atoms with E-state index in [1.54, 1.807) is 0 Å². The number of fused-ring (bicyclic) bond motifs is 1. The molecule has 0 bridgehead atoms. The first-order valence-electron chi connectivity index (χ1n) is 10.5.